The number of halogens is 1. The van der Waals surface area contributed by atoms with Crippen molar-refractivity contribution in [2.24, 2.45) is 17.8 Å². The number of Topliss-reactive ketones (excluding diaryl/α,β-unsaturated/α-hetero) is 1. The number of thiophene rings is 1. The number of rotatable bonds is 3. The van der Waals surface area contributed by atoms with E-state index >= 15 is 0 Å². The highest BCUT2D eigenvalue weighted by Crippen LogP contribution is 2.50. The molecule has 1 aromatic heterocycles. The Morgan fingerprint density at radius 1 is 1.47 bits per heavy atom. The Kier molecular flexibility index (Phi) is 3.16. The van der Waals surface area contributed by atoms with Gasteiger partial charge in [0.1, 0.15) is 0 Å². The first kappa shape index (κ1) is 11.9. The van der Waals surface area contributed by atoms with Gasteiger partial charge >= 0.3 is 0 Å². The Labute approximate surface area is 115 Å². The van der Waals surface area contributed by atoms with Crippen LogP contribution in [-0.2, 0) is 0 Å². The van der Waals surface area contributed by atoms with Crippen molar-refractivity contribution in [1.29, 1.82) is 0 Å². The highest BCUT2D eigenvalue weighted by Gasteiger charge is 2.40. The second-order valence-electron chi connectivity index (χ2n) is 5.60. The van der Waals surface area contributed by atoms with E-state index in [9.17, 15) is 4.79 Å². The second-order valence-corrected chi connectivity index (χ2v) is 7.71. The summed E-state index contributed by atoms with van der Waals surface area (Å²) in [7, 11) is 0. The molecule has 92 valence electrons. The van der Waals surface area contributed by atoms with Gasteiger partial charge in [0.05, 0.1) is 4.88 Å². The van der Waals surface area contributed by atoms with Crippen LogP contribution in [0.4, 0.5) is 0 Å². The number of hydrogen-bond donors (Lipinski definition) is 0. The van der Waals surface area contributed by atoms with Crippen molar-refractivity contribution in [3.8, 4) is 0 Å². The molecule has 2 saturated carbocycles. The summed E-state index contributed by atoms with van der Waals surface area (Å²) in [6.45, 7) is 2.06. The lowest BCUT2D eigenvalue weighted by molar-refractivity contribution is 0.0947. The monoisotopic (exact) mass is 312 g/mol. The van der Waals surface area contributed by atoms with Gasteiger partial charge in [0.25, 0.3) is 0 Å². The van der Waals surface area contributed by atoms with Gasteiger partial charge in [0, 0.05) is 15.8 Å². The number of ketones is 1. The molecule has 0 spiro atoms. The molecular weight excluding hydrogens is 296 g/mol. The van der Waals surface area contributed by atoms with E-state index in [2.05, 4.69) is 28.9 Å². The standard InChI is InChI=1S/C14H17BrOS/c1-8-4-12(15)14(17-8)13(16)7-11-6-9-2-3-10(11)5-9/h4,9-11H,2-3,5-7H2,1H3. The van der Waals surface area contributed by atoms with Gasteiger partial charge in [-0.15, -0.1) is 11.3 Å². The van der Waals surface area contributed by atoms with E-state index in [4.69, 9.17) is 0 Å². The van der Waals surface area contributed by atoms with Gasteiger partial charge in [0.15, 0.2) is 5.78 Å². The number of aryl methyl sites for hydroxylation is 1. The third-order valence-electron chi connectivity index (χ3n) is 4.40. The summed E-state index contributed by atoms with van der Waals surface area (Å²) in [6.07, 6.45) is 6.26. The molecule has 3 heteroatoms. The summed E-state index contributed by atoms with van der Waals surface area (Å²) in [5, 5.41) is 0. The molecule has 0 aromatic carbocycles. The summed E-state index contributed by atoms with van der Waals surface area (Å²) in [6, 6.07) is 2.05. The second kappa shape index (κ2) is 4.51. The van der Waals surface area contributed by atoms with Crippen LogP contribution < -0.4 is 0 Å². The molecule has 2 aliphatic carbocycles. The van der Waals surface area contributed by atoms with Crippen LogP contribution in [-0.4, -0.2) is 5.78 Å². The quantitative estimate of drug-likeness (QED) is 0.731. The van der Waals surface area contributed by atoms with Crippen molar-refractivity contribution < 1.29 is 4.79 Å². The highest BCUT2D eigenvalue weighted by atomic mass is 79.9. The van der Waals surface area contributed by atoms with E-state index in [0.29, 0.717) is 11.7 Å². The number of fused-ring (bicyclic) bond motifs is 2. The SMILES string of the molecule is Cc1cc(Br)c(C(=O)CC2CC3CCC2C3)s1. The molecule has 0 saturated heterocycles. The average Bonchev–Trinajstić information content (AvgIpc) is 2.93. The van der Waals surface area contributed by atoms with Crippen molar-refractivity contribution in [2.45, 2.75) is 39.0 Å². The average molecular weight is 313 g/mol. The normalized spacial score (nSPS) is 31.1. The van der Waals surface area contributed by atoms with Gasteiger partial charge < -0.3 is 0 Å². The first-order valence-corrected chi connectivity index (χ1v) is 8.03. The van der Waals surface area contributed by atoms with Crippen molar-refractivity contribution in [3.05, 3.63) is 20.3 Å². The van der Waals surface area contributed by atoms with Crippen molar-refractivity contribution in [3.63, 3.8) is 0 Å². The number of carbonyl (C=O) groups excluding carboxylic acids is 1. The molecule has 1 aromatic rings. The third-order valence-corrected chi connectivity index (χ3v) is 6.37. The van der Waals surface area contributed by atoms with Crippen LogP contribution in [0, 0.1) is 24.7 Å². The lowest BCUT2D eigenvalue weighted by Gasteiger charge is -2.20. The minimum absolute atomic E-state index is 0.354. The maximum atomic E-state index is 12.3. The zero-order valence-corrected chi connectivity index (χ0v) is 12.4. The summed E-state index contributed by atoms with van der Waals surface area (Å²) in [5.74, 6) is 2.82. The molecule has 2 fully saturated rings. The fraction of sp³-hybridized carbons (Fsp3) is 0.643. The molecular formula is C14H17BrOS. The van der Waals surface area contributed by atoms with Gasteiger partial charge in [-0.1, -0.05) is 6.42 Å². The van der Waals surface area contributed by atoms with E-state index in [1.165, 1.54) is 30.6 Å². The minimum Gasteiger partial charge on any atom is -0.293 e. The predicted octanol–water partition coefficient (Wildman–Crippen LogP) is 4.83. The van der Waals surface area contributed by atoms with Crippen LogP contribution in [0.3, 0.4) is 0 Å². The van der Waals surface area contributed by atoms with Gasteiger partial charge in [-0.3, -0.25) is 4.79 Å². The van der Waals surface area contributed by atoms with Crippen molar-refractivity contribution >= 4 is 33.0 Å². The fourth-order valence-corrected chi connectivity index (χ4v) is 5.44. The molecule has 3 rings (SSSR count). The topological polar surface area (TPSA) is 17.1 Å². The zero-order valence-electron chi connectivity index (χ0n) is 10.0. The Bertz CT molecular complexity index is 451. The Hall–Kier alpha value is -0.150. The van der Waals surface area contributed by atoms with E-state index < -0.39 is 0 Å². The van der Waals surface area contributed by atoms with E-state index in [0.717, 1.165) is 27.6 Å². The highest BCUT2D eigenvalue weighted by molar-refractivity contribution is 9.10. The van der Waals surface area contributed by atoms with Gasteiger partial charge in [0.2, 0.25) is 0 Å². The number of carbonyl (C=O) groups is 1. The van der Waals surface area contributed by atoms with Crippen LogP contribution in [0.5, 0.6) is 0 Å². The molecule has 1 nitrogen and oxygen atoms in total. The Morgan fingerprint density at radius 2 is 2.29 bits per heavy atom. The van der Waals surface area contributed by atoms with Crippen LogP contribution in [0.15, 0.2) is 10.5 Å². The summed E-state index contributed by atoms with van der Waals surface area (Å²) < 4.78 is 0.994. The maximum absolute atomic E-state index is 12.3. The van der Waals surface area contributed by atoms with Gasteiger partial charge in [-0.05, 0) is 65.9 Å². The molecule has 3 atom stereocenters. The molecule has 2 aliphatic rings. The maximum Gasteiger partial charge on any atom is 0.174 e. The largest absolute Gasteiger partial charge is 0.293 e. The smallest absolute Gasteiger partial charge is 0.174 e. The predicted molar refractivity (Wildman–Crippen MR) is 74.6 cm³/mol. The Balaban J connectivity index is 1.69. The zero-order chi connectivity index (χ0) is 12.0. The van der Waals surface area contributed by atoms with Gasteiger partial charge in [-0.25, -0.2) is 0 Å². The van der Waals surface area contributed by atoms with Crippen LogP contribution in [0.1, 0.15) is 46.7 Å². The molecule has 0 amide bonds. The van der Waals surface area contributed by atoms with Crippen LogP contribution in [0.2, 0.25) is 0 Å². The number of hydrogen-bond acceptors (Lipinski definition) is 2. The fourth-order valence-electron chi connectivity index (χ4n) is 3.63. The molecule has 3 unspecified atom stereocenters. The van der Waals surface area contributed by atoms with Crippen molar-refractivity contribution in [1.82, 2.24) is 0 Å². The lowest BCUT2D eigenvalue weighted by atomic mass is 9.85. The molecule has 0 radical (unpaired) electrons. The first-order valence-electron chi connectivity index (χ1n) is 6.42. The summed E-state index contributed by atoms with van der Waals surface area (Å²) in [4.78, 5) is 14.4. The summed E-state index contributed by atoms with van der Waals surface area (Å²) >= 11 is 5.13. The van der Waals surface area contributed by atoms with E-state index in [-0.39, 0.29) is 0 Å². The minimum atomic E-state index is 0.354. The molecule has 0 N–H and O–H groups in total. The van der Waals surface area contributed by atoms with Crippen LogP contribution in [0.25, 0.3) is 0 Å². The molecule has 2 bridgehead atoms. The molecule has 1 heterocycles. The first-order chi connectivity index (χ1) is 8.13. The third kappa shape index (κ3) is 2.24. The van der Waals surface area contributed by atoms with Crippen molar-refractivity contribution in [2.75, 3.05) is 0 Å². The Morgan fingerprint density at radius 3 is 2.82 bits per heavy atom. The summed E-state index contributed by atoms with van der Waals surface area (Å²) in [5.41, 5.74) is 0. The van der Waals surface area contributed by atoms with E-state index in [1.807, 2.05) is 0 Å². The lowest BCUT2D eigenvalue weighted by Crippen LogP contribution is -2.14. The molecule has 17 heavy (non-hydrogen) atoms. The molecule has 0 aliphatic heterocycles. The van der Waals surface area contributed by atoms with E-state index in [1.54, 1.807) is 11.3 Å². The van der Waals surface area contributed by atoms with Crippen LogP contribution >= 0.6 is 27.3 Å². The van der Waals surface area contributed by atoms with Gasteiger partial charge in [-0.2, -0.15) is 0 Å².